The molecule has 1 aromatic carbocycles. The van der Waals surface area contributed by atoms with Crippen LogP contribution in [0.15, 0.2) is 18.2 Å². The highest BCUT2D eigenvalue weighted by Crippen LogP contribution is 2.16. The van der Waals surface area contributed by atoms with Crippen LogP contribution in [0.4, 0.5) is 0 Å². The van der Waals surface area contributed by atoms with Crippen molar-refractivity contribution in [2.45, 2.75) is 12.8 Å². The third-order valence-electron chi connectivity index (χ3n) is 2.52. The van der Waals surface area contributed by atoms with Crippen molar-refractivity contribution in [3.63, 3.8) is 0 Å². The highest BCUT2D eigenvalue weighted by atomic mass is 16.5. The minimum atomic E-state index is -0.934. The lowest BCUT2D eigenvalue weighted by Gasteiger charge is -2.08. The number of hydrogen-bond donors (Lipinski definition) is 1. The molecular weight excluding hydrogens is 252 g/mol. The van der Waals surface area contributed by atoms with Gasteiger partial charge in [-0.25, -0.2) is 9.59 Å². The summed E-state index contributed by atoms with van der Waals surface area (Å²) in [6.07, 6.45) is 0.207. The van der Waals surface area contributed by atoms with Crippen LogP contribution in [-0.2, 0) is 20.7 Å². The van der Waals surface area contributed by atoms with E-state index in [1.807, 2.05) is 0 Å². The van der Waals surface area contributed by atoms with Crippen LogP contribution < -0.4 is 0 Å². The molecule has 0 fully saturated rings. The Bertz CT molecular complexity index is 506. The van der Waals surface area contributed by atoms with Crippen molar-refractivity contribution in [1.82, 2.24) is 0 Å². The molecule has 6 nitrogen and oxygen atoms in total. The smallest absolute Gasteiger partial charge is 0.338 e. The van der Waals surface area contributed by atoms with E-state index in [0.717, 1.165) is 0 Å². The lowest BCUT2D eigenvalue weighted by molar-refractivity contribution is -0.136. The Kier molecular flexibility index (Phi) is 5.05. The van der Waals surface area contributed by atoms with E-state index in [-0.39, 0.29) is 24.0 Å². The fourth-order valence-electron chi connectivity index (χ4n) is 1.56. The summed E-state index contributed by atoms with van der Waals surface area (Å²) in [5.74, 6) is -2.25. The molecule has 0 unspecified atom stereocenters. The molecule has 1 rings (SSSR count). The Labute approximate surface area is 109 Å². The summed E-state index contributed by atoms with van der Waals surface area (Å²) in [4.78, 5) is 33.6. The van der Waals surface area contributed by atoms with E-state index in [0.29, 0.717) is 5.56 Å². The number of carbonyl (C=O) groups is 3. The first kappa shape index (κ1) is 14.7. The number of hydrogen-bond acceptors (Lipinski definition) is 5. The third kappa shape index (κ3) is 3.80. The van der Waals surface area contributed by atoms with Gasteiger partial charge in [-0.05, 0) is 24.1 Å². The quantitative estimate of drug-likeness (QED) is 0.807. The van der Waals surface area contributed by atoms with E-state index in [1.165, 1.54) is 26.4 Å². The Hall–Kier alpha value is -2.37. The SMILES string of the molecule is COC(=O)c1ccc(CCC(=O)O)cc1C(=O)OC. The van der Waals surface area contributed by atoms with Crippen LogP contribution in [0.1, 0.15) is 32.7 Å². The number of carboxylic acids is 1. The fraction of sp³-hybridized carbons (Fsp3) is 0.308. The molecule has 0 amide bonds. The molecule has 102 valence electrons. The van der Waals surface area contributed by atoms with Crippen molar-refractivity contribution in [2.75, 3.05) is 14.2 Å². The molecule has 6 heteroatoms. The minimum Gasteiger partial charge on any atom is -0.481 e. The average Bonchev–Trinajstić information content (AvgIpc) is 2.43. The van der Waals surface area contributed by atoms with Crippen molar-refractivity contribution in [3.05, 3.63) is 34.9 Å². The summed E-state index contributed by atoms with van der Waals surface area (Å²) in [5, 5.41) is 8.61. The molecule has 0 atom stereocenters. The van der Waals surface area contributed by atoms with E-state index in [9.17, 15) is 14.4 Å². The van der Waals surface area contributed by atoms with Crippen molar-refractivity contribution >= 4 is 17.9 Å². The van der Waals surface area contributed by atoms with E-state index in [4.69, 9.17) is 5.11 Å². The number of aryl methyl sites for hydroxylation is 1. The molecule has 0 aliphatic carbocycles. The van der Waals surface area contributed by atoms with Crippen LogP contribution in [0.2, 0.25) is 0 Å². The zero-order valence-electron chi connectivity index (χ0n) is 10.6. The molecule has 0 heterocycles. The zero-order chi connectivity index (χ0) is 14.4. The molecule has 0 saturated carbocycles. The molecular formula is C13H14O6. The van der Waals surface area contributed by atoms with Gasteiger partial charge in [0.05, 0.1) is 25.3 Å². The second kappa shape index (κ2) is 6.53. The Morgan fingerprint density at radius 3 is 2.16 bits per heavy atom. The molecule has 0 saturated heterocycles. The van der Waals surface area contributed by atoms with Gasteiger partial charge in [-0.15, -0.1) is 0 Å². The van der Waals surface area contributed by atoms with Crippen LogP contribution in [0.5, 0.6) is 0 Å². The Morgan fingerprint density at radius 2 is 1.63 bits per heavy atom. The maximum atomic E-state index is 11.6. The van der Waals surface area contributed by atoms with Crippen LogP contribution in [0.3, 0.4) is 0 Å². The lowest BCUT2D eigenvalue weighted by Crippen LogP contribution is -2.12. The molecule has 0 bridgehead atoms. The van der Waals surface area contributed by atoms with Crippen LogP contribution in [0, 0.1) is 0 Å². The van der Waals surface area contributed by atoms with Gasteiger partial charge in [0.1, 0.15) is 0 Å². The average molecular weight is 266 g/mol. The van der Waals surface area contributed by atoms with Crippen molar-refractivity contribution in [1.29, 1.82) is 0 Å². The topological polar surface area (TPSA) is 89.9 Å². The number of methoxy groups -OCH3 is 2. The minimum absolute atomic E-state index is 0.0574. The van der Waals surface area contributed by atoms with Gasteiger partial charge in [0.15, 0.2) is 0 Å². The highest BCUT2D eigenvalue weighted by Gasteiger charge is 2.18. The number of carbonyl (C=O) groups excluding carboxylic acids is 2. The first-order chi connectivity index (χ1) is 8.99. The number of ether oxygens (including phenoxy) is 2. The predicted octanol–water partition coefficient (Wildman–Crippen LogP) is 1.28. The normalized spacial score (nSPS) is 9.79. The summed E-state index contributed by atoms with van der Waals surface area (Å²) >= 11 is 0. The maximum absolute atomic E-state index is 11.6. The van der Waals surface area contributed by atoms with Crippen molar-refractivity contribution in [3.8, 4) is 0 Å². The van der Waals surface area contributed by atoms with E-state index >= 15 is 0 Å². The van der Waals surface area contributed by atoms with Gasteiger partial charge in [-0.1, -0.05) is 6.07 Å². The van der Waals surface area contributed by atoms with Gasteiger partial charge in [0, 0.05) is 6.42 Å². The first-order valence-electron chi connectivity index (χ1n) is 5.51. The summed E-state index contributed by atoms with van der Waals surface area (Å²) in [5.41, 5.74) is 0.793. The van der Waals surface area contributed by atoms with Crippen molar-refractivity contribution < 1.29 is 29.0 Å². The van der Waals surface area contributed by atoms with E-state index in [1.54, 1.807) is 6.07 Å². The zero-order valence-corrected chi connectivity index (χ0v) is 10.6. The number of carboxylic acid groups (broad SMARTS) is 1. The van der Waals surface area contributed by atoms with Gasteiger partial charge < -0.3 is 14.6 Å². The number of rotatable bonds is 5. The summed E-state index contributed by atoms with van der Waals surface area (Å²) < 4.78 is 9.16. The molecule has 1 aromatic rings. The van der Waals surface area contributed by atoms with Gasteiger partial charge in [-0.3, -0.25) is 4.79 Å². The summed E-state index contributed by atoms with van der Waals surface area (Å²) in [6.45, 7) is 0. The molecule has 0 radical (unpaired) electrons. The molecule has 0 aliphatic rings. The largest absolute Gasteiger partial charge is 0.481 e. The number of esters is 2. The number of benzene rings is 1. The maximum Gasteiger partial charge on any atom is 0.338 e. The second-order valence-corrected chi connectivity index (χ2v) is 3.76. The highest BCUT2D eigenvalue weighted by molar-refractivity contribution is 6.03. The summed E-state index contributed by atoms with van der Waals surface area (Å²) in [6, 6.07) is 4.46. The van der Waals surface area contributed by atoms with Crippen LogP contribution >= 0.6 is 0 Å². The van der Waals surface area contributed by atoms with Crippen molar-refractivity contribution in [2.24, 2.45) is 0 Å². The molecule has 0 aromatic heterocycles. The first-order valence-corrected chi connectivity index (χ1v) is 5.51. The van der Waals surface area contributed by atoms with Crippen LogP contribution in [0.25, 0.3) is 0 Å². The van der Waals surface area contributed by atoms with Gasteiger partial charge in [-0.2, -0.15) is 0 Å². The Morgan fingerprint density at radius 1 is 1.05 bits per heavy atom. The van der Waals surface area contributed by atoms with Crippen LogP contribution in [-0.4, -0.2) is 37.2 Å². The molecule has 0 spiro atoms. The monoisotopic (exact) mass is 266 g/mol. The molecule has 19 heavy (non-hydrogen) atoms. The molecule has 1 N–H and O–H groups in total. The van der Waals surface area contributed by atoms with Gasteiger partial charge >= 0.3 is 17.9 Å². The second-order valence-electron chi connectivity index (χ2n) is 3.76. The predicted molar refractivity (Wildman–Crippen MR) is 65.1 cm³/mol. The van der Waals surface area contributed by atoms with E-state index < -0.39 is 17.9 Å². The van der Waals surface area contributed by atoms with Gasteiger partial charge in [0.2, 0.25) is 0 Å². The lowest BCUT2D eigenvalue weighted by atomic mass is 10.0. The number of aliphatic carboxylic acids is 1. The third-order valence-corrected chi connectivity index (χ3v) is 2.52. The Balaban J connectivity index is 3.11. The standard InChI is InChI=1S/C13H14O6/c1-18-12(16)9-5-3-8(4-6-11(14)15)7-10(9)13(17)19-2/h3,5,7H,4,6H2,1-2H3,(H,14,15). The fourth-order valence-corrected chi connectivity index (χ4v) is 1.56. The van der Waals surface area contributed by atoms with Gasteiger partial charge in [0.25, 0.3) is 0 Å². The van der Waals surface area contributed by atoms with E-state index in [2.05, 4.69) is 9.47 Å². The molecule has 0 aliphatic heterocycles. The summed E-state index contributed by atoms with van der Waals surface area (Å²) in [7, 11) is 2.41.